The van der Waals surface area contributed by atoms with Gasteiger partial charge in [-0.15, -0.1) is 0 Å². The number of carbonyl (C=O) groups is 2. The molecule has 1 aromatic heterocycles. The smallest absolute Gasteiger partial charge is 0.271 e. The number of aromatic nitrogens is 2. The summed E-state index contributed by atoms with van der Waals surface area (Å²) in [4.78, 5) is 24.7. The maximum atomic E-state index is 12.5. The highest BCUT2D eigenvalue weighted by Crippen LogP contribution is 2.47. The quantitative estimate of drug-likeness (QED) is 0.855. The van der Waals surface area contributed by atoms with E-state index in [1.165, 1.54) is 16.4 Å². The molecule has 2 amide bonds. The van der Waals surface area contributed by atoms with Crippen molar-refractivity contribution in [2.45, 2.75) is 25.7 Å². The molecule has 24 heavy (non-hydrogen) atoms. The van der Waals surface area contributed by atoms with E-state index >= 15 is 0 Å². The summed E-state index contributed by atoms with van der Waals surface area (Å²) in [5.41, 5.74) is 2.04. The van der Waals surface area contributed by atoms with Crippen LogP contribution in [0.25, 0.3) is 0 Å². The van der Waals surface area contributed by atoms with Crippen molar-refractivity contribution < 1.29 is 9.59 Å². The van der Waals surface area contributed by atoms with Crippen LogP contribution in [0.3, 0.4) is 0 Å². The van der Waals surface area contributed by atoms with Crippen LogP contribution in [0.15, 0.2) is 36.5 Å². The number of carbonyl (C=O) groups excluding carboxylic acids is 2. The number of nitrogens with zero attached hydrogens (tertiary/aromatic N) is 2. The third-order valence-electron chi connectivity index (χ3n) is 4.30. The Kier molecular flexibility index (Phi) is 4.64. The van der Waals surface area contributed by atoms with Crippen molar-refractivity contribution in [1.29, 1.82) is 0 Å². The third kappa shape index (κ3) is 3.32. The molecule has 1 fully saturated rings. The second-order valence-corrected chi connectivity index (χ2v) is 6.13. The van der Waals surface area contributed by atoms with Crippen LogP contribution in [0, 0.1) is 5.92 Å². The molecule has 2 N–H and O–H groups in total. The molecule has 2 unspecified atom stereocenters. The molecule has 6 nitrogen and oxygen atoms in total. The Labute approximate surface area is 141 Å². The normalized spacial score (nSPS) is 18.9. The van der Waals surface area contributed by atoms with Gasteiger partial charge >= 0.3 is 0 Å². The summed E-state index contributed by atoms with van der Waals surface area (Å²) in [5.74, 6) is -0.0525. The van der Waals surface area contributed by atoms with Gasteiger partial charge in [0, 0.05) is 19.5 Å². The Morgan fingerprint density at radius 2 is 2.04 bits per heavy atom. The van der Waals surface area contributed by atoms with Gasteiger partial charge in [-0.3, -0.25) is 14.3 Å². The minimum atomic E-state index is -0.220. The van der Waals surface area contributed by atoms with Gasteiger partial charge in [0.1, 0.15) is 5.69 Å². The molecule has 1 aliphatic rings. The maximum Gasteiger partial charge on any atom is 0.271 e. The lowest BCUT2D eigenvalue weighted by Crippen LogP contribution is -2.28. The first-order valence-corrected chi connectivity index (χ1v) is 8.27. The van der Waals surface area contributed by atoms with Crippen molar-refractivity contribution >= 4 is 17.5 Å². The molecule has 2 aromatic rings. The highest BCUT2D eigenvalue weighted by atomic mass is 16.2. The Morgan fingerprint density at radius 3 is 2.75 bits per heavy atom. The minimum absolute atomic E-state index is 0.0424. The van der Waals surface area contributed by atoms with Crippen LogP contribution in [-0.2, 0) is 11.8 Å². The summed E-state index contributed by atoms with van der Waals surface area (Å²) < 4.78 is 1.49. The zero-order valence-corrected chi connectivity index (χ0v) is 14.0. The SMILES string of the molecule is CCCNC(=O)c1c(NC(=O)C2CC2c2ccccc2)cnn1C. The number of rotatable bonds is 6. The first kappa shape index (κ1) is 16.2. The van der Waals surface area contributed by atoms with Gasteiger partial charge in [0.2, 0.25) is 5.91 Å². The predicted molar refractivity (Wildman–Crippen MR) is 91.8 cm³/mol. The molecular weight excluding hydrogens is 304 g/mol. The van der Waals surface area contributed by atoms with Crippen LogP contribution in [-0.4, -0.2) is 28.1 Å². The number of anilines is 1. The largest absolute Gasteiger partial charge is 0.351 e. The molecule has 2 atom stereocenters. The number of benzene rings is 1. The lowest BCUT2D eigenvalue weighted by Gasteiger charge is -2.08. The number of hydrogen-bond acceptors (Lipinski definition) is 3. The highest BCUT2D eigenvalue weighted by Gasteiger charge is 2.44. The summed E-state index contributed by atoms with van der Waals surface area (Å²) in [5, 5.41) is 9.78. The van der Waals surface area contributed by atoms with Gasteiger partial charge < -0.3 is 10.6 Å². The van der Waals surface area contributed by atoms with Crippen LogP contribution >= 0.6 is 0 Å². The lowest BCUT2D eigenvalue weighted by molar-refractivity contribution is -0.117. The molecule has 0 bridgehead atoms. The fourth-order valence-electron chi connectivity index (χ4n) is 2.90. The molecule has 126 valence electrons. The molecule has 6 heteroatoms. The fraction of sp³-hybridized carbons (Fsp3) is 0.389. The number of amides is 2. The Bertz CT molecular complexity index is 739. The van der Waals surface area contributed by atoms with Crippen LogP contribution in [0.1, 0.15) is 41.7 Å². The van der Waals surface area contributed by atoms with Crippen LogP contribution < -0.4 is 10.6 Å². The molecule has 1 aromatic carbocycles. The van der Waals surface area contributed by atoms with Gasteiger partial charge in [0.05, 0.1) is 11.9 Å². The van der Waals surface area contributed by atoms with Crippen molar-refractivity contribution in [2.24, 2.45) is 13.0 Å². The third-order valence-corrected chi connectivity index (χ3v) is 4.30. The molecule has 0 saturated heterocycles. The molecule has 3 rings (SSSR count). The second kappa shape index (κ2) is 6.86. The second-order valence-electron chi connectivity index (χ2n) is 6.13. The summed E-state index contributed by atoms with van der Waals surface area (Å²) in [6, 6.07) is 10.0. The predicted octanol–water partition coefficient (Wildman–Crippen LogP) is 2.30. The number of nitrogens with one attached hydrogen (secondary N) is 2. The van der Waals surface area contributed by atoms with Gasteiger partial charge in [0.15, 0.2) is 0 Å². The first-order valence-electron chi connectivity index (χ1n) is 8.27. The monoisotopic (exact) mass is 326 g/mol. The van der Waals surface area contributed by atoms with E-state index in [4.69, 9.17) is 0 Å². The van der Waals surface area contributed by atoms with Gasteiger partial charge in [-0.05, 0) is 24.3 Å². The van der Waals surface area contributed by atoms with E-state index < -0.39 is 0 Å². The van der Waals surface area contributed by atoms with Gasteiger partial charge in [-0.25, -0.2) is 0 Å². The van der Waals surface area contributed by atoms with E-state index in [0.29, 0.717) is 17.9 Å². The zero-order chi connectivity index (χ0) is 17.1. The summed E-state index contributed by atoms with van der Waals surface area (Å²) in [7, 11) is 1.69. The van der Waals surface area contributed by atoms with Crippen molar-refractivity contribution in [1.82, 2.24) is 15.1 Å². The molecular formula is C18H22N4O2. The number of hydrogen-bond donors (Lipinski definition) is 2. The molecule has 0 spiro atoms. The first-order chi connectivity index (χ1) is 11.6. The highest BCUT2D eigenvalue weighted by molar-refractivity contribution is 6.03. The lowest BCUT2D eigenvalue weighted by atomic mass is 10.1. The van der Waals surface area contributed by atoms with Gasteiger partial charge in [-0.1, -0.05) is 37.3 Å². The Hall–Kier alpha value is -2.63. The average molecular weight is 326 g/mol. The molecule has 1 saturated carbocycles. The van der Waals surface area contributed by atoms with Crippen LogP contribution in [0.5, 0.6) is 0 Å². The molecule has 0 aliphatic heterocycles. The zero-order valence-electron chi connectivity index (χ0n) is 14.0. The van der Waals surface area contributed by atoms with E-state index in [1.54, 1.807) is 7.05 Å². The Balaban J connectivity index is 1.67. The van der Waals surface area contributed by atoms with E-state index in [2.05, 4.69) is 15.7 Å². The van der Waals surface area contributed by atoms with E-state index in [-0.39, 0.29) is 23.7 Å². The van der Waals surface area contributed by atoms with Gasteiger partial charge in [0.25, 0.3) is 5.91 Å². The maximum absolute atomic E-state index is 12.5. The van der Waals surface area contributed by atoms with Crippen molar-refractivity contribution in [3.63, 3.8) is 0 Å². The number of aryl methyl sites for hydroxylation is 1. The van der Waals surface area contributed by atoms with Crippen LogP contribution in [0.2, 0.25) is 0 Å². The molecule has 0 radical (unpaired) electrons. The van der Waals surface area contributed by atoms with E-state index in [0.717, 1.165) is 12.8 Å². The minimum Gasteiger partial charge on any atom is -0.351 e. The molecule has 1 aliphatic carbocycles. The fourth-order valence-corrected chi connectivity index (χ4v) is 2.90. The summed E-state index contributed by atoms with van der Waals surface area (Å²) >= 11 is 0. The van der Waals surface area contributed by atoms with Crippen molar-refractivity contribution in [3.05, 3.63) is 47.8 Å². The average Bonchev–Trinajstić information content (AvgIpc) is 3.32. The Morgan fingerprint density at radius 1 is 1.29 bits per heavy atom. The van der Waals surface area contributed by atoms with Crippen LogP contribution in [0.4, 0.5) is 5.69 Å². The van der Waals surface area contributed by atoms with E-state index in [9.17, 15) is 9.59 Å². The summed E-state index contributed by atoms with van der Waals surface area (Å²) in [6.45, 7) is 2.58. The van der Waals surface area contributed by atoms with Crippen molar-refractivity contribution in [3.8, 4) is 0 Å². The van der Waals surface area contributed by atoms with Crippen molar-refractivity contribution in [2.75, 3.05) is 11.9 Å². The topological polar surface area (TPSA) is 76.0 Å². The van der Waals surface area contributed by atoms with E-state index in [1.807, 2.05) is 37.3 Å². The molecule has 1 heterocycles. The van der Waals surface area contributed by atoms with Gasteiger partial charge in [-0.2, -0.15) is 5.10 Å². The summed E-state index contributed by atoms with van der Waals surface area (Å²) in [6.07, 6.45) is 3.22. The standard InChI is InChI=1S/C18H22N4O2/c1-3-9-19-18(24)16-15(11-20-22(16)2)21-17(23)14-10-13(14)12-7-5-4-6-8-12/h4-8,11,13-14H,3,9-10H2,1-2H3,(H,19,24)(H,21,23).